The monoisotopic (exact) mass is 265 g/mol. The molecule has 0 amide bonds. The van der Waals surface area contributed by atoms with Gasteiger partial charge in [0.2, 0.25) is 0 Å². The molecule has 0 saturated heterocycles. The number of carbonyl (C=O) groups is 1. The van der Waals surface area contributed by atoms with Gasteiger partial charge in [0.05, 0.1) is 0 Å². The lowest BCUT2D eigenvalue weighted by Crippen LogP contribution is -2.18. The molecule has 0 unspecified atom stereocenters. The zero-order chi connectivity index (χ0) is 14.3. The zero-order valence-corrected chi connectivity index (χ0v) is 11.9. The summed E-state index contributed by atoms with van der Waals surface area (Å²) in [7, 11) is 0. The van der Waals surface area contributed by atoms with Crippen molar-refractivity contribution in [2.24, 2.45) is 5.41 Å². The molecule has 1 aromatic heterocycles. The molecule has 1 rings (SSSR count). The second-order valence-corrected chi connectivity index (χ2v) is 5.48. The maximum atomic E-state index is 10.6. The Morgan fingerprint density at radius 2 is 2.11 bits per heavy atom. The van der Waals surface area contributed by atoms with Crippen LogP contribution < -0.4 is 5.32 Å². The SMILES string of the molecule is CCc1cc(NCCC(C)(C)CCC(=O)O)ncn1. The van der Waals surface area contributed by atoms with E-state index in [0.717, 1.165) is 30.9 Å². The molecular formula is C14H23N3O2. The van der Waals surface area contributed by atoms with E-state index in [1.165, 1.54) is 0 Å². The van der Waals surface area contributed by atoms with Crippen molar-refractivity contribution in [3.8, 4) is 0 Å². The van der Waals surface area contributed by atoms with Crippen molar-refractivity contribution >= 4 is 11.8 Å². The van der Waals surface area contributed by atoms with E-state index in [-0.39, 0.29) is 11.8 Å². The first kappa shape index (κ1) is 15.4. The summed E-state index contributed by atoms with van der Waals surface area (Å²) in [6.45, 7) is 7.03. The Hall–Kier alpha value is -1.65. The Morgan fingerprint density at radius 1 is 1.37 bits per heavy atom. The van der Waals surface area contributed by atoms with E-state index in [4.69, 9.17) is 5.11 Å². The van der Waals surface area contributed by atoms with Gasteiger partial charge in [-0.25, -0.2) is 9.97 Å². The molecule has 5 nitrogen and oxygen atoms in total. The van der Waals surface area contributed by atoms with Gasteiger partial charge < -0.3 is 10.4 Å². The number of aromatic nitrogens is 2. The van der Waals surface area contributed by atoms with Gasteiger partial charge in [0.25, 0.3) is 0 Å². The van der Waals surface area contributed by atoms with Crippen LogP contribution in [-0.2, 0) is 11.2 Å². The van der Waals surface area contributed by atoms with Gasteiger partial charge in [-0.1, -0.05) is 20.8 Å². The lowest BCUT2D eigenvalue weighted by atomic mass is 9.84. The fourth-order valence-corrected chi connectivity index (χ4v) is 1.79. The summed E-state index contributed by atoms with van der Waals surface area (Å²) in [5.74, 6) is 0.102. The normalized spacial score (nSPS) is 11.3. The number of rotatable bonds is 8. The Labute approximate surface area is 114 Å². The third-order valence-corrected chi connectivity index (χ3v) is 3.21. The largest absolute Gasteiger partial charge is 0.481 e. The van der Waals surface area contributed by atoms with E-state index in [9.17, 15) is 4.79 Å². The Bertz CT molecular complexity index is 419. The van der Waals surface area contributed by atoms with Crippen molar-refractivity contribution < 1.29 is 9.90 Å². The van der Waals surface area contributed by atoms with Gasteiger partial charge in [0, 0.05) is 24.7 Å². The van der Waals surface area contributed by atoms with Crippen molar-refractivity contribution in [3.05, 3.63) is 18.1 Å². The highest BCUT2D eigenvalue weighted by atomic mass is 16.4. The minimum Gasteiger partial charge on any atom is -0.481 e. The van der Waals surface area contributed by atoms with Crippen molar-refractivity contribution in [1.29, 1.82) is 0 Å². The molecule has 106 valence electrons. The van der Waals surface area contributed by atoms with Gasteiger partial charge in [0.15, 0.2) is 0 Å². The molecule has 1 aromatic rings. The molecule has 5 heteroatoms. The van der Waals surface area contributed by atoms with Gasteiger partial charge >= 0.3 is 5.97 Å². The molecule has 19 heavy (non-hydrogen) atoms. The fourth-order valence-electron chi connectivity index (χ4n) is 1.79. The molecular weight excluding hydrogens is 242 g/mol. The second-order valence-electron chi connectivity index (χ2n) is 5.48. The number of nitrogens with zero attached hydrogens (tertiary/aromatic N) is 2. The third kappa shape index (κ3) is 6.18. The van der Waals surface area contributed by atoms with Gasteiger partial charge in [-0.3, -0.25) is 4.79 Å². The molecule has 0 aliphatic rings. The van der Waals surface area contributed by atoms with Crippen LogP contribution in [0.1, 0.15) is 45.7 Å². The highest BCUT2D eigenvalue weighted by molar-refractivity contribution is 5.66. The van der Waals surface area contributed by atoms with Crippen LogP contribution in [0.4, 0.5) is 5.82 Å². The number of aliphatic carboxylic acids is 1. The van der Waals surface area contributed by atoms with Crippen molar-refractivity contribution in [2.75, 3.05) is 11.9 Å². The van der Waals surface area contributed by atoms with Crippen molar-refractivity contribution in [1.82, 2.24) is 9.97 Å². The maximum Gasteiger partial charge on any atom is 0.303 e. The molecule has 0 aliphatic heterocycles. The summed E-state index contributed by atoms with van der Waals surface area (Å²) < 4.78 is 0. The summed E-state index contributed by atoms with van der Waals surface area (Å²) in [4.78, 5) is 18.9. The Balaban J connectivity index is 2.38. The second kappa shape index (κ2) is 7.07. The van der Waals surface area contributed by atoms with E-state index < -0.39 is 5.97 Å². The quantitative estimate of drug-likeness (QED) is 0.756. The van der Waals surface area contributed by atoms with Crippen molar-refractivity contribution in [3.63, 3.8) is 0 Å². The standard InChI is InChI=1S/C14H23N3O2/c1-4-11-9-12(17-10-16-11)15-8-7-14(2,3)6-5-13(18)19/h9-10H,4-8H2,1-3H3,(H,18,19)(H,15,16,17). The van der Waals surface area contributed by atoms with Crippen LogP contribution in [0.3, 0.4) is 0 Å². The summed E-state index contributed by atoms with van der Waals surface area (Å²) in [5.41, 5.74) is 1.04. The number of hydrogen-bond acceptors (Lipinski definition) is 4. The third-order valence-electron chi connectivity index (χ3n) is 3.21. The molecule has 0 bridgehead atoms. The fraction of sp³-hybridized carbons (Fsp3) is 0.643. The topological polar surface area (TPSA) is 75.1 Å². The van der Waals surface area contributed by atoms with Crippen LogP contribution in [0.15, 0.2) is 12.4 Å². The first-order valence-corrected chi connectivity index (χ1v) is 6.69. The molecule has 2 N–H and O–H groups in total. The molecule has 0 spiro atoms. The van der Waals surface area contributed by atoms with Crippen LogP contribution in [0, 0.1) is 5.41 Å². The highest BCUT2D eigenvalue weighted by Gasteiger charge is 2.18. The van der Waals surface area contributed by atoms with Crippen molar-refractivity contribution in [2.45, 2.75) is 46.5 Å². The van der Waals surface area contributed by atoms with Gasteiger partial charge in [-0.2, -0.15) is 0 Å². The van der Waals surface area contributed by atoms with Gasteiger partial charge in [0.1, 0.15) is 12.1 Å². The molecule has 0 aromatic carbocycles. The van der Waals surface area contributed by atoms with E-state index in [2.05, 4.69) is 36.1 Å². The lowest BCUT2D eigenvalue weighted by molar-refractivity contribution is -0.137. The van der Waals surface area contributed by atoms with Crippen LogP contribution in [0.5, 0.6) is 0 Å². The summed E-state index contributed by atoms with van der Waals surface area (Å²) in [6, 6.07) is 1.95. The van der Waals surface area contributed by atoms with E-state index >= 15 is 0 Å². The smallest absolute Gasteiger partial charge is 0.303 e. The predicted octanol–water partition coefficient (Wildman–Crippen LogP) is 2.73. The van der Waals surface area contributed by atoms with E-state index in [0.29, 0.717) is 6.42 Å². The molecule has 0 saturated carbocycles. The van der Waals surface area contributed by atoms with E-state index in [1.54, 1.807) is 6.33 Å². The number of anilines is 1. The number of hydrogen-bond donors (Lipinski definition) is 2. The Kier molecular flexibility index (Phi) is 5.73. The predicted molar refractivity (Wildman–Crippen MR) is 75.2 cm³/mol. The highest BCUT2D eigenvalue weighted by Crippen LogP contribution is 2.26. The van der Waals surface area contributed by atoms with Gasteiger partial charge in [-0.05, 0) is 24.7 Å². The zero-order valence-electron chi connectivity index (χ0n) is 11.9. The summed E-state index contributed by atoms with van der Waals surface area (Å²) >= 11 is 0. The number of nitrogens with one attached hydrogen (secondary N) is 1. The summed E-state index contributed by atoms with van der Waals surface area (Å²) in [6.07, 6.45) is 4.28. The lowest BCUT2D eigenvalue weighted by Gasteiger charge is -2.23. The maximum absolute atomic E-state index is 10.6. The van der Waals surface area contributed by atoms with E-state index in [1.807, 2.05) is 6.07 Å². The average Bonchev–Trinajstić information content (AvgIpc) is 2.37. The first-order valence-electron chi connectivity index (χ1n) is 6.69. The number of carboxylic acids is 1. The van der Waals surface area contributed by atoms with Crippen LogP contribution in [0.2, 0.25) is 0 Å². The minimum absolute atomic E-state index is 0.0198. The van der Waals surface area contributed by atoms with Gasteiger partial charge in [-0.15, -0.1) is 0 Å². The number of aryl methyl sites for hydroxylation is 1. The summed E-state index contributed by atoms with van der Waals surface area (Å²) in [5, 5.41) is 12.0. The molecule has 0 atom stereocenters. The number of carboxylic acid groups (broad SMARTS) is 1. The average molecular weight is 265 g/mol. The molecule has 1 heterocycles. The van der Waals surface area contributed by atoms with Crippen LogP contribution >= 0.6 is 0 Å². The molecule has 0 radical (unpaired) electrons. The Morgan fingerprint density at radius 3 is 2.74 bits per heavy atom. The first-order chi connectivity index (χ1) is 8.93. The minimum atomic E-state index is -0.732. The molecule has 0 fully saturated rings. The van der Waals surface area contributed by atoms with Crippen LogP contribution in [-0.4, -0.2) is 27.6 Å². The molecule has 0 aliphatic carbocycles. The van der Waals surface area contributed by atoms with Crippen LogP contribution in [0.25, 0.3) is 0 Å².